The Kier molecular flexibility index (Phi) is 4.16. The molecule has 3 N–H and O–H groups in total. The van der Waals surface area contributed by atoms with Crippen LogP contribution < -0.4 is 15.4 Å². The van der Waals surface area contributed by atoms with E-state index >= 15 is 0 Å². The van der Waals surface area contributed by atoms with Crippen LogP contribution in [-0.4, -0.2) is 34.9 Å². The van der Waals surface area contributed by atoms with Crippen LogP contribution in [0.25, 0.3) is 10.9 Å². The van der Waals surface area contributed by atoms with Crippen LogP contribution in [0.1, 0.15) is 16.1 Å². The van der Waals surface area contributed by atoms with Gasteiger partial charge >= 0.3 is 0 Å². The Labute approximate surface area is 158 Å². The Hall–Kier alpha value is -3.93. The van der Waals surface area contributed by atoms with Crippen molar-refractivity contribution >= 4 is 22.7 Å². The molecule has 0 fully saturated rings. The molecule has 1 aliphatic rings. The number of carbonyl (C=O) groups is 2. The molecule has 0 spiro atoms. The molecule has 2 amide bonds. The maximum atomic E-state index is 13.7. The van der Waals surface area contributed by atoms with Crippen molar-refractivity contribution in [3.8, 4) is 11.8 Å². The molecular weight excluding hydrogens is 365 g/mol. The minimum atomic E-state index is -1.37. The van der Waals surface area contributed by atoms with Crippen LogP contribution in [0, 0.1) is 17.1 Å². The first-order valence-electron chi connectivity index (χ1n) is 8.37. The Balaban J connectivity index is 1.43. The molecule has 0 radical (unpaired) electrons. The van der Waals surface area contributed by atoms with Crippen LogP contribution in [0.5, 0.6) is 5.75 Å². The summed E-state index contributed by atoms with van der Waals surface area (Å²) in [6.07, 6.45) is 2.99. The van der Waals surface area contributed by atoms with E-state index in [-0.39, 0.29) is 24.4 Å². The number of hydrogen-bond acceptors (Lipinski definition) is 5. The van der Waals surface area contributed by atoms with Crippen LogP contribution in [-0.2, 0) is 10.3 Å². The number of aromatic amines is 1. The Morgan fingerprint density at radius 2 is 2.25 bits per heavy atom. The number of halogens is 1. The summed E-state index contributed by atoms with van der Waals surface area (Å²) in [7, 11) is 0. The molecule has 28 heavy (non-hydrogen) atoms. The number of nitrogens with zero attached hydrogens (tertiary/aromatic N) is 2. The summed E-state index contributed by atoms with van der Waals surface area (Å²) in [4.78, 5) is 31.2. The number of para-hydroxylation sites is 1. The van der Waals surface area contributed by atoms with Gasteiger partial charge in [-0.2, -0.15) is 5.26 Å². The predicted octanol–water partition coefficient (Wildman–Crippen LogP) is 1.36. The van der Waals surface area contributed by atoms with Gasteiger partial charge in [0.05, 0.1) is 23.7 Å². The molecule has 0 aliphatic carbocycles. The number of pyridine rings is 1. The van der Waals surface area contributed by atoms with Crippen molar-refractivity contribution in [1.29, 1.82) is 5.26 Å². The van der Waals surface area contributed by atoms with Crippen molar-refractivity contribution in [2.45, 2.75) is 5.54 Å². The topological polar surface area (TPSA) is 120 Å². The molecular formula is C19H14FN5O3. The third-order valence-electron chi connectivity index (χ3n) is 4.49. The van der Waals surface area contributed by atoms with Crippen molar-refractivity contribution in [3.05, 3.63) is 59.8 Å². The zero-order chi connectivity index (χ0) is 19.7. The first kappa shape index (κ1) is 17.5. The smallest absolute Gasteiger partial charge is 0.268 e. The number of H-pyrrole nitrogens is 1. The van der Waals surface area contributed by atoms with Crippen LogP contribution in [0.4, 0.5) is 4.39 Å². The van der Waals surface area contributed by atoms with E-state index in [1.807, 2.05) is 0 Å². The van der Waals surface area contributed by atoms with Gasteiger partial charge in [0, 0.05) is 17.8 Å². The third kappa shape index (κ3) is 2.91. The van der Waals surface area contributed by atoms with Crippen LogP contribution >= 0.6 is 0 Å². The van der Waals surface area contributed by atoms with Crippen LogP contribution in [0.2, 0.25) is 0 Å². The van der Waals surface area contributed by atoms with Gasteiger partial charge in [0.1, 0.15) is 23.9 Å². The molecule has 140 valence electrons. The van der Waals surface area contributed by atoms with Crippen LogP contribution in [0.3, 0.4) is 0 Å². The molecule has 0 bridgehead atoms. The number of amides is 2. The lowest BCUT2D eigenvalue weighted by Gasteiger charge is -2.21. The average Bonchev–Trinajstić information content (AvgIpc) is 3.30. The molecule has 9 heteroatoms. The lowest BCUT2D eigenvalue weighted by atomic mass is 9.95. The second-order valence-corrected chi connectivity index (χ2v) is 6.30. The van der Waals surface area contributed by atoms with Gasteiger partial charge in [0.2, 0.25) is 5.91 Å². The second kappa shape index (κ2) is 6.66. The Morgan fingerprint density at radius 3 is 3.04 bits per heavy atom. The number of rotatable bonds is 4. The molecule has 1 unspecified atom stereocenters. The zero-order valence-electron chi connectivity index (χ0n) is 14.5. The lowest BCUT2D eigenvalue weighted by molar-refractivity contribution is -0.121. The quantitative estimate of drug-likeness (QED) is 0.632. The van der Waals surface area contributed by atoms with Gasteiger partial charge in [0.15, 0.2) is 5.54 Å². The van der Waals surface area contributed by atoms with Gasteiger partial charge in [-0.3, -0.25) is 14.6 Å². The van der Waals surface area contributed by atoms with Crippen molar-refractivity contribution in [2.75, 3.05) is 13.2 Å². The van der Waals surface area contributed by atoms with Gasteiger partial charge in [-0.15, -0.1) is 0 Å². The SMILES string of the molecule is N#CC1(NC(=O)CNC(=O)c2cc3cccc(F)c3[nH]2)COc2ccncc21. The van der Waals surface area contributed by atoms with E-state index in [0.717, 1.165) is 0 Å². The highest BCUT2D eigenvalue weighted by molar-refractivity contribution is 5.99. The van der Waals surface area contributed by atoms with Gasteiger partial charge in [-0.05, 0) is 18.2 Å². The maximum Gasteiger partial charge on any atom is 0.268 e. The number of aromatic nitrogens is 2. The molecule has 3 aromatic rings. The number of benzene rings is 1. The highest BCUT2D eigenvalue weighted by Crippen LogP contribution is 2.35. The number of nitrogens with one attached hydrogen (secondary N) is 3. The minimum Gasteiger partial charge on any atom is -0.489 e. The predicted molar refractivity (Wildman–Crippen MR) is 95.8 cm³/mol. The van der Waals surface area contributed by atoms with Gasteiger partial charge < -0.3 is 20.4 Å². The fourth-order valence-corrected chi connectivity index (χ4v) is 3.10. The molecule has 1 atom stereocenters. The molecule has 2 aromatic heterocycles. The van der Waals surface area contributed by atoms with E-state index in [0.29, 0.717) is 16.7 Å². The average molecular weight is 379 g/mol. The summed E-state index contributed by atoms with van der Waals surface area (Å²) in [5.41, 5.74) is -0.562. The molecule has 4 rings (SSSR count). The van der Waals surface area contributed by atoms with Crippen LogP contribution in [0.15, 0.2) is 42.7 Å². The summed E-state index contributed by atoms with van der Waals surface area (Å²) in [5, 5.41) is 15.2. The molecule has 8 nitrogen and oxygen atoms in total. The summed E-state index contributed by atoms with van der Waals surface area (Å²) in [6.45, 7) is -0.415. The zero-order valence-corrected chi connectivity index (χ0v) is 14.5. The molecule has 1 aliphatic heterocycles. The Morgan fingerprint density at radius 1 is 1.39 bits per heavy atom. The van der Waals surface area contributed by atoms with Crippen molar-refractivity contribution < 1.29 is 18.7 Å². The van der Waals surface area contributed by atoms with E-state index in [9.17, 15) is 19.2 Å². The van der Waals surface area contributed by atoms with Crippen molar-refractivity contribution in [3.63, 3.8) is 0 Å². The highest BCUT2D eigenvalue weighted by atomic mass is 19.1. The molecule has 1 aromatic carbocycles. The molecule has 0 saturated carbocycles. The van der Waals surface area contributed by atoms with Gasteiger partial charge in [0.25, 0.3) is 5.91 Å². The highest BCUT2D eigenvalue weighted by Gasteiger charge is 2.43. The summed E-state index contributed by atoms with van der Waals surface area (Å²) >= 11 is 0. The number of ether oxygens (including phenoxy) is 1. The van der Waals surface area contributed by atoms with E-state index in [2.05, 4.69) is 26.7 Å². The standard InChI is InChI=1S/C19H14FN5O3/c20-13-3-1-2-11-6-14(24-17(11)13)18(27)23-8-16(26)25-19(9-21)10-28-15-4-5-22-7-12(15)19/h1-7,24H,8,10H2,(H,23,27)(H,25,26). The first-order valence-corrected chi connectivity index (χ1v) is 8.37. The van der Waals surface area contributed by atoms with E-state index in [1.54, 1.807) is 18.2 Å². The van der Waals surface area contributed by atoms with Gasteiger partial charge in [-0.25, -0.2) is 4.39 Å². The minimum absolute atomic E-state index is 0.0501. The fourth-order valence-electron chi connectivity index (χ4n) is 3.10. The number of nitriles is 1. The number of carbonyl (C=O) groups excluding carboxylic acids is 2. The van der Waals surface area contributed by atoms with E-state index in [1.165, 1.54) is 24.5 Å². The van der Waals surface area contributed by atoms with Crippen molar-refractivity contribution in [1.82, 2.24) is 20.6 Å². The van der Waals surface area contributed by atoms with E-state index in [4.69, 9.17) is 4.74 Å². The van der Waals surface area contributed by atoms with Crippen molar-refractivity contribution in [2.24, 2.45) is 0 Å². The normalized spacial score (nSPS) is 17.4. The summed E-state index contributed by atoms with van der Waals surface area (Å²) < 4.78 is 19.2. The van der Waals surface area contributed by atoms with E-state index < -0.39 is 23.2 Å². The second-order valence-electron chi connectivity index (χ2n) is 6.30. The third-order valence-corrected chi connectivity index (χ3v) is 4.49. The fraction of sp³-hybridized carbons (Fsp3) is 0.158. The Bertz CT molecular complexity index is 1140. The maximum absolute atomic E-state index is 13.7. The lowest BCUT2D eigenvalue weighted by Crippen LogP contribution is -2.49. The monoisotopic (exact) mass is 379 g/mol. The molecule has 3 heterocycles. The number of hydrogen-bond donors (Lipinski definition) is 3. The largest absolute Gasteiger partial charge is 0.489 e. The summed E-state index contributed by atoms with van der Waals surface area (Å²) in [6, 6.07) is 9.64. The number of fused-ring (bicyclic) bond motifs is 2. The molecule has 0 saturated heterocycles. The van der Waals surface area contributed by atoms with Gasteiger partial charge in [-0.1, -0.05) is 12.1 Å². The summed E-state index contributed by atoms with van der Waals surface area (Å²) in [5.74, 6) is -1.14. The first-order chi connectivity index (χ1) is 13.5.